The molecule has 0 aliphatic carbocycles. The van der Waals surface area contributed by atoms with E-state index in [1.54, 1.807) is 13.0 Å². The molecule has 2 rings (SSSR count). The molecule has 2 aromatic heterocycles. The summed E-state index contributed by atoms with van der Waals surface area (Å²) >= 11 is 0. The molecule has 78 valence electrons. The molecule has 0 aromatic carbocycles. The molecule has 0 saturated heterocycles. The molecule has 0 saturated carbocycles. The van der Waals surface area contributed by atoms with Crippen molar-refractivity contribution in [3.8, 4) is 0 Å². The van der Waals surface area contributed by atoms with Gasteiger partial charge < -0.3 is 20.6 Å². The van der Waals surface area contributed by atoms with Gasteiger partial charge in [-0.25, -0.2) is 4.98 Å². The Morgan fingerprint density at radius 3 is 3.07 bits per heavy atom. The van der Waals surface area contributed by atoms with E-state index in [4.69, 9.17) is 10.3 Å². The summed E-state index contributed by atoms with van der Waals surface area (Å²) in [5, 5.41) is 6.46. The molecule has 0 unspecified atom stereocenters. The van der Waals surface area contributed by atoms with E-state index >= 15 is 0 Å². The van der Waals surface area contributed by atoms with Gasteiger partial charge in [0.2, 0.25) is 0 Å². The first-order valence-corrected chi connectivity index (χ1v) is 4.20. The molecule has 0 fully saturated rings. The van der Waals surface area contributed by atoms with E-state index in [-0.39, 0.29) is 11.5 Å². The molecule has 0 aliphatic rings. The van der Waals surface area contributed by atoms with Gasteiger partial charge in [-0.15, -0.1) is 0 Å². The number of nitrogens with one attached hydrogen (secondary N) is 2. The quantitative estimate of drug-likeness (QED) is 0.657. The van der Waals surface area contributed by atoms with Gasteiger partial charge in [0.25, 0.3) is 5.56 Å². The van der Waals surface area contributed by atoms with E-state index < -0.39 is 5.56 Å². The standard InChI is InChI=1S/C8H9N5O2/c1-4-2-5(13-15-4)12-7-6(9)8(14)11-3-10-7/h2-3H,9H2,1H3,(H2,10,11,12,13,14). The fourth-order valence-electron chi connectivity index (χ4n) is 1.06. The number of hydrogen-bond donors (Lipinski definition) is 3. The van der Waals surface area contributed by atoms with Gasteiger partial charge in [0.1, 0.15) is 11.4 Å². The maximum Gasteiger partial charge on any atom is 0.276 e. The maximum atomic E-state index is 11.1. The van der Waals surface area contributed by atoms with Gasteiger partial charge in [0, 0.05) is 6.07 Å². The maximum absolute atomic E-state index is 11.1. The van der Waals surface area contributed by atoms with Crippen molar-refractivity contribution in [3.63, 3.8) is 0 Å². The minimum absolute atomic E-state index is 0.0122. The van der Waals surface area contributed by atoms with Gasteiger partial charge in [0.05, 0.1) is 6.33 Å². The Labute approximate surface area is 84.3 Å². The molecule has 0 bridgehead atoms. The van der Waals surface area contributed by atoms with Crippen molar-refractivity contribution in [2.45, 2.75) is 6.92 Å². The van der Waals surface area contributed by atoms with Crippen LogP contribution in [0, 0.1) is 6.92 Å². The second kappa shape index (κ2) is 3.45. The smallest absolute Gasteiger partial charge is 0.276 e. The highest BCUT2D eigenvalue weighted by molar-refractivity contribution is 5.65. The zero-order valence-electron chi connectivity index (χ0n) is 7.94. The topological polar surface area (TPSA) is 110 Å². The van der Waals surface area contributed by atoms with Crippen molar-refractivity contribution in [1.82, 2.24) is 15.1 Å². The number of anilines is 3. The summed E-state index contributed by atoms with van der Waals surface area (Å²) in [5.41, 5.74) is 5.13. The van der Waals surface area contributed by atoms with Crippen LogP contribution in [0.25, 0.3) is 0 Å². The molecule has 2 aromatic rings. The van der Waals surface area contributed by atoms with Crippen LogP contribution in [-0.2, 0) is 0 Å². The second-order valence-electron chi connectivity index (χ2n) is 2.94. The van der Waals surface area contributed by atoms with Crippen LogP contribution in [0.3, 0.4) is 0 Å². The molecule has 0 atom stereocenters. The third kappa shape index (κ3) is 1.80. The van der Waals surface area contributed by atoms with Crippen molar-refractivity contribution in [2.75, 3.05) is 11.1 Å². The Balaban J connectivity index is 2.32. The van der Waals surface area contributed by atoms with E-state index in [9.17, 15) is 4.79 Å². The largest absolute Gasteiger partial charge is 0.391 e. The monoisotopic (exact) mass is 207 g/mol. The van der Waals surface area contributed by atoms with Crippen molar-refractivity contribution in [2.24, 2.45) is 0 Å². The summed E-state index contributed by atoms with van der Waals surface area (Å²) in [4.78, 5) is 17.4. The number of aryl methyl sites for hydroxylation is 1. The van der Waals surface area contributed by atoms with Gasteiger partial charge in [-0.2, -0.15) is 0 Å². The summed E-state index contributed by atoms with van der Waals surface area (Å²) in [6, 6.07) is 1.67. The molecule has 7 heteroatoms. The Morgan fingerprint density at radius 1 is 1.60 bits per heavy atom. The lowest BCUT2D eigenvalue weighted by molar-refractivity contribution is 0.400. The highest BCUT2D eigenvalue weighted by atomic mass is 16.5. The highest BCUT2D eigenvalue weighted by Gasteiger charge is 2.06. The third-order valence-corrected chi connectivity index (χ3v) is 1.76. The number of aromatic nitrogens is 3. The Morgan fingerprint density at radius 2 is 2.40 bits per heavy atom. The molecule has 7 nitrogen and oxygen atoms in total. The lowest BCUT2D eigenvalue weighted by atomic mass is 10.4. The van der Waals surface area contributed by atoms with Crippen molar-refractivity contribution < 1.29 is 4.52 Å². The van der Waals surface area contributed by atoms with E-state index in [0.29, 0.717) is 11.6 Å². The average molecular weight is 207 g/mol. The molecule has 0 aliphatic heterocycles. The van der Waals surface area contributed by atoms with Crippen LogP contribution in [0.4, 0.5) is 17.3 Å². The molecule has 0 radical (unpaired) electrons. The van der Waals surface area contributed by atoms with E-state index in [0.717, 1.165) is 0 Å². The van der Waals surface area contributed by atoms with Crippen LogP contribution in [0.1, 0.15) is 5.76 Å². The van der Waals surface area contributed by atoms with Crippen LogP contribution in [0.2, 0.25) is 0 Å². The van der Waals surface area contributed by atoms with Gasteiger partial charge in [-0.05, 0) is 6.92 Å². The Bertz CT molecular complexity index is 530. The summed E-state index contributed by atoms with van der Waals surface area (Å²) < 4.78 is 4.84. The average Bonchev–Trinajstić information content (AvgIpc) is 2.59. The van der Waals surface area contributed by atoms with Gasteiger partial charge in [-0.1, -0.05) is 5.16 Å². The Kier molecular flexibility index (Phi) is 2.13. The zero-order chi connectivity index (χ0) is 10.8. The first-order valence-electron chi connectivity index (χ1n) is 4.20. The number of aromatic amines is 1. The first-order chi connectivity index (χ1) is 7.16. The number of H-pyrrole nitrogens is 1. The predicted molar refractivity (Wildman–Crippen MR) is 53.8 cm³/mol. The molecule has 4 N–H and O–H groups in total. The third-order valence-electron chi connectivity index (χ3n) is 1.76. The van der Waals surface area contributed by atoms with Crippen LogP contribution in [0.5, 0.6) is 0 Å². The summed E-state index contributed by atoms with van der Waals surface area (Å²) in [5.74, 6) is 1.37. The van der Waals surface area contributed by atoms with Crippen molar-refractivity contribution in [1.29, 1.82) is 0 Å². The second-order valence-corrected chi connectivity index (χ2v) is 2.94. The van der Waals surface area contributed by atoms with Crippen molar-refractivity contribution >= 4 is 17.3 Å². The number of nitrogens with zero attached hydrogens (tertiary/aromatic N) is 2. The minimum atomic E-state index is -0.396. The molecular weight excluding hydrogens is 198 g/mol. The molecule has 15 heavy (non-hydrogen) atoms. The molecule has 0 amide bonds. The van der Waals surface area contributed by atoms with Crippen LogP contribution >= 0.6 is 0 Å². The van der Waals surface area contributed by atoms with Gasteiger partial charge in [-0.3, -0.25) is 4.79 Å². The number of hydrogen-bond acceptors (Lipinski definition) is 6. The normalized spacial score (nSPS) is 10.2. The molecular formula is C8H9N5O2. The highest BCUT2D eigenvalue weighted by Crippen LogP contribution is 2.16. The SMILES string of the molecule is Cc1cc(Nc2nc[nH]c(=O)c2N)no1. The minimum Gasteiger partial charge on any atom is -0.391 e. The van der Waals surface area contributed by atoms with E-state index in [2.05, 4.69) is 20.4 Å². The number of nitrogens with two attached hydrogens (primary N) is 1. The summed E-state index contributed by atoms with van der Waals surface area (Å²) in [6.07, 6.45) is 1.26. The van der Waals surface area contributed by atoms with E-state index in [1.165, 1.54) is 6.33 Å². The van der Waals surface area contributed by atoms with Crippen molar-refractivity contribution in [3.05, 3.63) is 28.5 Å². The predicted octanol–water partition coefficient (Wildman–Crippen LogP) is 0.392. The fraction of sp³-hybridized carbons (Fsp3) is 0.125. The number of nitrogen functional groups attached to an aromatic ring is 1. The van der Waals surface area contributed by atoms with E-state index in [1.807, 2.05) is 0 Å². The molecule has 2 heterocycles. The van der Waals surface area contributed by atoms with Crippen LogP contribution in [0.15, 0.2) is 21.7 Å². The molecule has 0 spiro atoms. The summed E-state index contributed by atoms with van der Waals surface area (Å²) in [7, 11) is 0. The first kappa shape index (κ1) is 9.25. The summed E-state index contributed by atoms with van der Waals surface area (Å²) in [6.45, 7) is 1.76. The van der Waals surface area contributed by atoms with Gasteiger partial charge in [0.15, 0.2) is 11.6 Å². The number of rotatable bonds is 2. The van der Waals surface area contributed by atoms with Crippen LogP contribution in [-0.4, -0.2) is 15.1 Å². The zero-order valence-corrected chi connectivity index (χ0v) is 7.94. The lowest BCUT2D eigenvalue weighted by Gasteiger charge is -2.02. The Hall–Kier alpha value is -2.31. The fourth-order valence-corrected chi connectivity index (χ4v) is 1.06. The van der Waals surface area contributed by atoms with Crippen LogP contribution < -0.4 is 16.6 Å². The van der Waals surface area contributed by atoms with Gasteiger partial charge >= 0.3 is 0 Å². The lowest BCUT2D eigenvalue weighted by Crippen LogP contribution is -2.14.